The molecule has 0 aliphatic heterocycles. The Morgan fingerprint density at radius 3 is 2.40 bits per heavy atom. The van der Waals surface area contributed by atoms with E-state index in [4.69, 9.17) is 9.88 Å². The molecule has 9 heteroatoms. The fourth-order valence-corrected chi connectivity index (χ4v) is 3.66. The molecule has 0 saturated heterocycles. The lowest BCUT2D eigenvalue weighted by atomic mass is 10.1. The summed E-state index contributed by atoms with van der Waals surface area (Å²) in [6.07, 6.45) is 0.568. The lowest BCUT2D eigenvalue weighted by Gasteiger charge is -2.09. The molecular formula is C16H16Br2N2O4S. The molecule has 0 unspecified atom stereocenters. The van der Waals surface area contributed by atoms with Gasteiger partial charge in [0, 0.05) is 11.0 Å². The van der Waals surface area contributed by atoms with Crippen molar-refractivity contribution in [3.05, 3.63) is 57.0 Å². The van der Waals surface area contributed by atoms with E-state index in [1.54, 1.807) is 18.2 Å². The van der Waals surface area contributed by atoms with Gasteiger partial charge in [-0.25, -0.2) is 13.6 Å². The van der Waals surface area contributed by atoms with Crippen LogP contribution in [0.2, 0.25) is 0 Å². The number of hydrogen-bond acceptors (Lipinski definition) is 4. The van der Waals surface area contributed by atoms with Gasteiger partial charge in [0.15, 0.2) is 6.61 Å². The average Bonchev–Trinajstić information content (AvgIpc) is 2.53. The average molecular weight is 492 g/mol. The predicted octanol–water partition coefficient (Wildman–Crippen LogP) is 2.60. The minimum atomic E-state index is -3.69. The Balaban J connectivity index is 1.77. The fraction of sp³-hybridized carbons (Fsp3) is 0.188. The first-order valence-corrected chi connectivity index (χ1v) is 10.4. The van der Waals surface area contributed by atoms with E-state index in [1.807, 2.05) is 12.1 Å². The van der Waals surface area contributed by atoms with Crippen molar-refractivity contribution in [3.63, 3.8) is 0 Å². The molecule has 0 bridgehead atoms. The van der Waals surface area contributed by atoms with Crippen LogP contribution in [0.1, 0.15) is 5.56 Å². The van der Waals surface area contributed by atoms with Crippen LogP contribution in [0, 0.1) is 0 Å². The van der Waals surface area contributed by atoms with Gasteiger partial charge in [0.2, 0.25) is 10.0 Å². The highest BCUT2D eigenvalue weighted by Crippen LogP contribution is 2.28. The maximum absolute atomic E-state index is 11.8. The summed E-state index contributed by atoms with van der Waals surface area (Å²) >= 11 is 6.70. The van der Waals surface area contributed by atoms with Crippen LogP contribution in [0.25, 0.3) is 0 Å². The largest absolute Gasteiger partial charge is 0.483 e. The van der Waals surface area contributed by atoms with E-state index in [9.17, 15) is 13.2 Å². The summed E-state index contributed by atoms with van der Waals surface area (Å²) < 4.78 is 29.5. The number of benzene rings is 2. The van der Waals surface area contributed by atoms with Gasteiger partial charge >= 0.3 is 0 Å². The number of sulfonamides is 1. The van der Waals surface area contributed by atoms with Crippen molar-refractivity contribution in [1.82, 2.24) is 5.32 Å². The quantitative estimate of drug-likeness (QED) is 0.621. The lowest BCUT2D eigenvalue weighted by molar-refractivity contribution is -0.123. The molecule has 3 N–H and O–H groups in total. The fourth-order valence-electron chi connectivity index (χ4n) is 1.98. The molecule has 0 aliphatic carbocycles. The maximum Gasteiger partial charge on any atom is 0.257 e. The normalized spacial score (nSPS) is 11.2. The third kappa shape index (κ3) is 6.43. The number of rotatable bonds is 7. The number of hydrogen-bond donors (Lipinski definition) is 2. The first-order valence-electron chi connectivity index (χ1n) is 7.22. The molecule has 2 aromatic carbocycles. The Bertz CT molecular complexity index is 855. The van der Waals surface area contributed by atoms with E-state index in [-0.39, 0.29) is 17.4 Å². The van der Waals surface area contributed by atoms with Gasteiger partial charge in [0.25, 0.3) is 5.91 Å². The second kappa shape index (κ2) is 8.79. The zero-order valence-corrected chi connectivity index (χ0v) is 17.0. The molecule has 6 nitrogen and oxygen atoms in total. The number of amides is 1. The van der Waals surface area contributed by atoms with Crippen LogP contribution in [0.15, 0.2) is 56.3 Å². The summed E-state index contributed by atoms with van der Waals surface area (Å²) in [6, 6.07) is 11.6. The Morgan fingerprint density at radius 1 is 1.12 bits per heavy atom. The van der Waals surface area contributed by atoms with Gasteiger partial charge in [-0.05, 0) is 58.2 Å². The second-order valence-corrected chi connectivity index (χ2v) is 8.48. The van der Waals surface area contributed by atoms with Gasteiger partial charge in [-0.1, -0.05) is 28.1 Å². The molecule has 1 amide bonds. The molecule has 25 heavy (non-hydrogen) atoms. The van der Waals surface area contributed by atoms with Crippen molar-refractivity contribution in [3.8, 4) is 5.75 Å². The molecule has 0 spiro atoms. The number of nitrogens with two attached hydrogens (primary N) is 1. The zero-order chi connectivity index (χ0) is 18.4. The predicted molar refractivity (Wildman–Crippen MR) is 102 cm³/mol. The molecule has 0 radical (unpaired) electrons. The Kier molecular flexibility index (Phi) is 7.00. The van der Waals surface area contributed by atoms with Crippen molar-refractivity contribution in [2.45, 2.75) is 11.3 Å². The van der Waals surface area contributed by atoms with Crippen LogP contribution in [0.5, 0.6) is 5.75 Å². The molecule has 0 aromatic heterocycles. The highest BCUT2D eigenvalue weighted by atomic mass is 79.9. The standard InChI is InChI=1S/C16H16Br2N2O4S/c17-12-3-6-15(14(18)9-12)24-10-16(21)20-8-7-11-1-4-13(5-2-11)25(19,22)23/h1-6,9H,7-8,10H2,(H,20,21)(H2,19,22,23). The summed E-state index contributed by atoms with van der Waals surface area (Å²) in [7, 11) is -3.69. The van der Waals surface area contributed by atoms with Crippen molar-refractivity contribution in [2.75, 3.05) is 13.2 Å². The highest BCUT2D eigenvalue weighted by molar-refractivity contribution is 9.11. The molecule has 0 heterocycles. The zero-order valence-electron chi connectivity index (χ0n) is 13.0. The van der Waals surface area contributed by atoms with E-state index in [2.05, 4.69) is 37.2 Å². The van der Waals surface area contributed by atoms with Crippen LogP contribution < -0.4 is 15.2 Å². The summed E-state index contributed by atoms with van der Waals surface area (Å²) in [5.41, 5.74) is 0.893. The number of carbonyl (C=O) groups excluding carboxylic acids is 1. The molecule has 0 fully saturated rings. The molecule has 2 aromatic rings. The molecule has 0 aliphatic rings. The third-order valence-electron chi connectivity index (χ3n) is 3.24. The van der Waals surface area contributed by atoms with Crippen LogP contribution in [-0.4, -0.2) is 27.5 Å². The number of carbonyl (C=O) groups is 1. The van der Waals surface area contributed by atoms with Crippen LogP contribution in [0.4, 0.5) is 0 Å². The van der Waals surface area contributed by atoms with E-state index in [1.165, 1.54) is 12.1 Å². The highest BCUT2D eigenvalue weighted by Gasteiger charge is 2.08. The van der Waals surface area contributed by atoms with Crippen LogP contribution in [0.3, 0.4) is 0 Å². The number of nitrogens with one attached hydrogen (secondary N) is 1. The summed E-state index contributed by atoms with van der Waals surface area (Å²) in [4.78, 5) is 11.9. The van der Waals surface area contributed by atoms with Gasteiger partial charge in [0.05, 0.1) is 9.37 Å². The number of halogens is 2. The SMILES string of the molecule is NS(=O)(=O)c1ccc(CCNC(=O)COc2ccc(Br)cc2Br)cc1. The number of ether oxygens (including phenoxy) is 1. The summed E-state index contributed by atoms with van der Waals surface area (Å²) in [6.45, 7) is 0.322. The molecular weight excluding hydrogens is 476 g/mol. The second-order valence-electron chi connectivity index (χ2n) is 5.15. The molecule has 0 saturated carbocycles. The summed E-state index contributed by atoms with van der Waals surface area (Å²) in [5, 5.41) is 7.79. The van der Waals surface area contributed by atoms with Crippen molar-refractivity contribution in [2.24, 2.45) is 5.14 Å². The van der Waals surface area contributed by atoms with Crippen molar-refractivity contribution < 1.29 is 17.9 Å². The molecule has 0 atom stereocenters. The van der Waals surface area contributed by atoms with E-state index < -0.39 is 10.0 Å². The van der Waals surface area contributed by atoms with Crippen molar-refractivity contribution in [1.29, 1.82) is 0 Å². The lowest BCUT2D eigenvalue weighted by Crippen LogP contribution is -2.30. The van der Waals surface area contributed by atoms with E-state index in [0.29, 0.717) is 18.7 Å². The van der Waals surface area contributed by atoms with Gasteiger partial charge in [-0.15, -0.1) is 0 Å². The molecule has 2 rings (SSSR count). The van der Waals surface area contributed by atoms with Crippen LogP contribution >= 0.6 is 31.9 Å². The first-order chi connectivity index (χ1) is 11.8. The monoisotopic (exact) mass is 490 g/mol. The first kappa shape index (κ1) is 19.9. The van der Waals surface area contributed by atoms with Gasteiger partial charge in [-0.2, -0.15) is 0 Å². The van der Waals surface area contributed by atoms with Crippen molar-refractivity contribution >= 4 is 47.8 Å². The minimum Gasteiger partial charge on any atom is -0.483 e. The van der Waals surface area contributed by atoms with Gasteiger partial charge in [0.1, 0.15) is 5.75 Å². The van der Waals surface area contributed by atoms with E-state index >= 15 is 0 Å². The Hall–Kier alpha value is -1.42. The third-order valence-corrected chi connectivity index (χ3v) is 5.28. The number of primary sulfonamides is 1. The molecule has 134 valence electrons. The van der Waals surface area contributed by atoms with E-state index in [0.717, 1.165) is 14.5 Å². The van der Waals surface area contributed by atoms with Gasteiger partial charge < -0.3 is 10.1 Å². The van der Waals surface area contributed by atoms with Crippen LogP contribution in [-0.2, 0) is 21.2 Å². The Morgan fingerprint density at radius 2 is 1.80 bits per heavy atom. The maximum atomic E-state index is 11.8. The topological polar surface area (TPSA) is 98.5 Å². The Labute approximate surface area is 163 Å². The van der Waals surface area contributed by atoms with Gasteiger partial charge in [-0.3, -0.25) is 4.79 Å². The summed E-state index contributed by atoms with van der Waals surface area (Å²) in [5.74, 6) is 0.341. The smallest absolute Gasteiger partial charge is 0.257 e. The minimum absolute atomic E-state index is 0.0637.